The minimum absolute atomic E-state index is 0.0519. The number of nitrogens with zero attached hydrogens (tertiary/aromatic N) is 3. The number of nitrogens with two attached hydrogens (primary N) is 1. The van der Waals surface area contributed by atoms with Crippen LogP contribution in [-0.2, 0) is 0 Å². The lowest BCUT2D eigenvalue weighted by atomic mass is 10.2. The molecule has 98 valence electrons. The van der Waals surface area contributed by atoms with Gasteiger partial charge in [-0.2, -0.15) is 0 Å². The monoisotopic (exact) mass is 255 g/mol. The molecule has 1 aromatic carbocycles. The van der Waals surface area contributed by atoms with Crippen LogP contribution in [0, 0.1) is 12.3 Å². The van der Waals surface area contributed by atoms with Gasteiger partial charge in [-0.1, -0.05) is 12.1 Å². The largest absolute Gasteiger partial charge is 0.382 e. The maximum atomic E-state index is 7.44. The Labute approximate surface area is 112 Å². The smallest absolute Gasteiger partial charge is 0.230 e. The Kier molecular flexibility index (Phi) is 3.75. The molecule has 0 saturated carbocycles. The number of hydrogen-bond donors (Lipinski definition) is 2. The van der Waals surface area contributed by atoms with Crippen molar-refractivity contribution < 1.29 is 0 Å². The van der Waals surface area contributed by atoms with Crippen molar-refractivity contribution >= 4 is 17.5 Å². The highest BCUT2D eigenvalue weighted by Crippen LogP contribution is 2.22. The third kappa shape index (κ3) is 2.88. The van der Waals surface area contributed by atoms with Crippen LogP contribution in [0.5, 0.6) is 0 Å². The summed E-state index contributed by atoms with van der Waals surface area (Å²) in [5.74, 6) is 0.504. The van der Waals surface area contributed by atoms with Gasteiger partial charge < -0.3 is 10.6 Å². The second-order valence-electron chi connectivity index (χ2n) is 4.24. The number of rotatable bonds is 4. The van der Waals surface area contributed by atoms with Crippen LogP contribution < -0.4 is 10.6 Å². The summed E-state index contributed by atoms with van der Waals surface area (Å²) in [7, 11) is 0. The fourth-order valence-electron chi connectivity index (χ4n) is 1.86. The van der Waals surface area contributed by atoms with E-state index in [1.54, 1.807) is 12.3 Å². The van der Waals surface area contributed by atoms with Gasteiger partial charge in [-0.05, 0) is 37.6 Å². The molecule has 5 nitrogen and oxygen atoms in total. The standard InChI is InChI=1S/C14H17N5/c1-3-19(11-6-4-5-10(2)9-11)14-17-8-7-12(18-14)13(15)16/h4-9H,3H2,1-2H3,(H3,15,16). The lowest BCUT2D eigenvalue weighted by Crippen LogP contribution is -2.21. The lowest BCUT2D eigenvalue weighted by Gasteiger charge is -2.21. The van der Waals surface area contributed by atoms with Crippen molar-refractivity contribution in [2.45, 2.75) is 13.8 Å². The van der Waals surface area contributed by atoms with E-state index in [2.05, 4.69) is 16.0 Å². The van der Waals surface area contributed by atoms with Crippen molar-refractivity contribution in [1.29, 1.82) is 5.41 Å². The van der Waals surface area contributed by atoms with Gasteiger partial charge in [0.15, 0.2) is 0 Å². The Bertz CT molecular complexity index is 594. The Morgan fingerprint density at radius 3 is 2.79 bits per heavy atom. The first-order valence-corrected chi connectivity index (χ1v) is 6.13. The van der Waals surface area contributed by atoms with Crippen LogP contribution in [0.4, 0.5) is 11.6 Å². The van der Waals surface area contributed by atoms with Gasteiger partial charge in [0.1, 0.15) is 11.5 Å². The van der Waals surface area contributed by atoms with E-state index in [4.69, 9.17) is 11.1 Å². The van der Waals surface area contributed by atoms with E-state index in [-0.39, 0.29) is 5.84 Å². The van der Waals surface area contributed by atoms with E-state index in [0.717, 1.165) is 12.2 Å². The molecule has 0 spiro atoms. The van der Waals surface area contributed by atoms with Gasteiger partial charge in [0.05, 0.1) is 0 Å². The zero-order chi connectivity index (χ0) is 13.8. The van der Waals surface area contributed by atoms with Gasteiger partial charge >= 0.3 is 0 Å². The summed E-state index contributed by atoms with van der Waals surface area (Å²) in [5, 5.41) is 7.44. The number of hydrogen-bond acceptors (Lipinski definition) is 4. The van der Waals surface area contributed by atoms with Gasteiger partial charge in [-0.3, -0.25) is 5.41 Å². The van der Waals surface area contributed by atoms with Gasteiger partial charge in [0, 0.05) is 18.4 Å². The summed E-state index contributed by atoms with van der Waals surface area (Å²) in [6.07, 6.45) is 1.62. The molecule has 0 aliphatic heterocycles. The van der Waals surface area contributed by atoms with Crippen molar-refractivity contribution in [3.05, 3.63) is 47.8 Å². The van der Waals surface area contributed by atoms with E-state index in [1.807, 2.05) is 36.9 Å². The molecule has 2 aromatic rings. The van der Waals surface area contributed by atoms with Crippen molar-refractivity contribution in [3.8, 4) is 0 Å². The lowest BCUT2D eigenvalue weighted by molar-refractivity contribution is 0.941. The molecule has 1 aromatic heterocycles. The highest BCUT2D eigenvalue weighted by Gasteiger charge is 2.11. The molecule has 0 atom stereocenters. The first-order chi connectivity index (χ1) is 9.11. The van der Waals surface area contributed by atoms with Crippen LogP contribution in [0.1, 0.15) is 18.2 Å². The quantitative estimate of drug-likeness (QED) is 0.648. The van der Waals surface area contributed by atoms with Gasteiger partial charge in [-0.25, -0.2) is 9.97 Å². The fraction of sp³-hybridized carbons (Fsp3) is 0.214. The molecule has 0 radical (unpaired) electrons. The predicted octanol–water partition coefficient (Wildman–Crippen LogP) is 2.23. The van der Waals surface area contributed by atoms with E-state index in [1.165, 1.54) is 5.56 Å². The molecule has 0 amide bonds. The highest BCUT2D eigenvalue weighted by atomic mass is 15.2. The SMILES string of the molecule is CCN(c1cccc(C)c1)c1nccc(C(=N)N)n1. The summed E-state index contributed by atoms with van der Waals surface area (Å²) in [4.78, 5) is 10.6. The maximum absolute atomic E-state index is 7.44. The number of aromatic nitrogens is 2. The van der Waals surface area contributed by atoms with E-state index in [0.29, 0.717) is 11.6 Å². The van der Waals surface area contributed by atoms with Crippen LogP contribution in [-0.4, -0.2) is 22.3 Å². The average Bonchev–Trinajstić information content (AvgIpc) is 2.40. The molecule has 0 saturated heterocycles. The minimum atomic E-state index is -0.0519. The third-order valence-electron chi connectivity index (χ3n) is 2.79. The van der Waals surface area contributed by atoms with E-state index < -0.39 is 0 Å². The maximum Gasteiger partial charge on any atom is 0.230 e. The second kappa shape index (κ2) is 5.48. The fourth-order valence-corrected chi connectivity index (χ4v) is 1.86. The zero-order valence-electron chi connectivity index (χ0n) is 11.1. The number of nitrogens with one attached hydrogen (secondary N) is 1. The Hall–Kier alpha value is -2.43. The van der Waals surface area contributed by atoms with Gasteiger partial charge in [0.2, 0.25) is 5.95 Å². The first kappa shape index (κ1) is 13.0. The first-order valence-electron chi connectivity index (χ1n) is 6.13. The molecule has 0 bridgehead atoms. The molecule has 0 fully saturated rings. The molecule has 1 heterocycles. The van der Waals surface area contributed by atoms with Crippen molar-refractivity contribution in [2.75, 3.05) is 11.4 Å². The van der Waals surface area contributed by atoms with Crippen LogP contribution in [0.2, 0.25) is 0 Å². The molecule has 0 aliphatic rings. The van der Waals surface area contributed by atoms with Crippen LogP contribution in [0.3, 0.4) is 0 Å². The van der Waals surface area contributed by atoms with Crippen LogP contribution in [0.25, 0.3) is 0 Å². The number of benzene rings is 1. The molecular weight excluding hydrogens is 238 g/mol. The number of amidine groups is 1. The number of aryl methyl sites for hydroxylation is 1. The Balaban J connectivity index is 2.42. The van der Waals surface area contributed by atoms with Crippen molar-refractivity contribution in [2.24, 2.45) is 5.73 Å². The molecule has 19 heavy (non-hydrogen) atoms. The summed E-state index contributed by atoms with van der Waals surface area (Å²) < 4.78 is 0. The topological polar surface area (TPSA) is 78.9 Å². The summed E-state index contributed by atoms with van der Waals surface area (Å²) in [6, 6.07) is 9.77. The molecule has 0 aliphatic carbocycles. The summed E-state index contributed by atoms with van der Waals surface area (Å²) >= 11 is 0. The van der Waals surface area contributed by atoms with Gasteiger partial charge in [-0.15, -0.1) is 0 Å². The van der Waals surface area contributed by atoms with E-state index in [9.17, 15) is 0 Å². The number of anilines is 2. The molecular formula is C14H17N5. The molecule has 2 rings (SSSR count). The second-order valence-corrected chi connectivity index (χ2v) is 4.24. The summed E-state index contributed by atoms with van der Waals surface area (Å²) in [5.41, 5.74) is 8.11. The Morgan fingerprint density at radius 2 is 2.16 bits per heavy atom. The number of nitrogen functional groups attached to an aromatic ring is 1. The highest BCUT2D eigenvalue weighted by molar-refractivity contribution is 5.93. The van der Waals surface area contributed by atoms with Crippen molar-refractivity contribution in [1.82, 2.24) is 9.97 Å². The van der Waals surface area contributed by atoms with E-state index >= 15 is 0 Å². The molecule has 5 heteroatoms. The normalized spacial score (nSPS) is 10.2. The third-order valence-corrected chi connectivity index (χ3v) is 2.79. The summed E-state index contributed by atoms with van der Waals surface area (Å²) in [6.45, 7) is 4.82. The Morgan fingerprint density at radius 1 is 1.37 bits per heavy atom. The predicted molar refractivity (Wildman–Crippen MR) is 76.9 cm³/mol. The average molecular weight is 255 g/mol. The van der Waals surface area contributed by atoms with Gasteiger partial charge in [0.25, 0.3) is 0 Å². The van der Waals surface area contributed by atoms with Crippen LogP contribution >= 0.6 is 0 Å². The van der Waals surface area contributed by atoms with Crippen LogP contribution in [0.15, 0.2) is 36.5 Å². The van der Waals surface area contributed by atoms with Crippen molar-refractivity contribution in [3.63, 3.8) is 0 Å². The molecule has 3 N–H and O–H groups in total. The zero-order valence-corrected chi connectivity index (χ0v) is 11.1. The minimum Gasteiger partial charge on any atom is -0.382 e. The molecule has 0 unspecified atom stereocenters.